The van der Waals surface area contributed by atoms with Gasteiger partial charge in [0.1, 0.15) is 5.90 Å². The van der Waals surface area contributed by atoms with Crippen molar-refractivity contribution in [2.45, 2.75) is 26.2 Å². The zero-order valence-electron chi connectivity index (χ0n) is 9.54. The van der Waals surface area contributed by atoms with Crippen LogP contribution in [0.3, 0.4) is 0 Å². The Bertz CT molecular complexity index is 296. The predicted molar refractivity (Wildman–Crippen MR) is 65.1 cm³/mol. The lowest BCUT2D eigenvalue weighted by atomic mass is 10.2. The van der Waals surface area contributed by atoms with Gasteiger partial charge in [0.2, 0.25) is 7.37 Å². The maximum absolute atomic E-state index is 12.1. The third-order valence-electron chi connectivity index (χ3n) is 1.92. The van der Waals surface area contributed by atoms with Crippen LogP contribution in [0.4, 0.5) is 0 Å². The summed E-state index contributed by atoms with van der Waals surface area (Å²) in [6, 6.07) is 0. The Kier molecular flexibility index (Phi) is 7.45. The Labute approximate surface area is 96.5 Å². The molecule has 0 bridgehead atoms. The highest BCUT2D eigenvalue weighted by Gasteiger charge is 2.31. The molecule has 0 heterocycles. The normalized spacial score (nSPS) is 15.7. The van der Waals surface area contributed by atoms with Crippen LogP contribution in [-0.2, 0) is 13.7 Å². The first-order valence-electron chi connectivity index (χ1n) is 5.21. The number of rotatable bonds is 9. The summed E-state index contributed by atoms with van der Waals surface area (Å²) in [6.45, 7) is 5.44. The fraction of sp³-hybridized carbons (Fsp3) is 0.778. The van der Waals surface area contributed by atoms with Gasteiger partial charge < -0.3 is 14.3 Å². The molecule has 0 aliphatic carbocycles. The second kappa shape index (κ2) is 7.41. The van der Waals surface area contributed by atoms with Crippen LogP contribution in [0.1, 0.15) is 26.2 Å². The van der Waals surface area contributed by atoms with Crippen molar-refractivity contribution < 1.29 is 23.4 Å². The number of unbranched alkanes of at least 4 members (excludes halogenated alkanes) is 2. The molecule has 16 heavy (non-hydrogen) atoms. The van der Waals surface area contributed by atoms with Gasteiger partial charge in [0, 0.05) is 6.16 Å². The lowest BCUT2D eigenvalue weighted by molar-refractivity contribution is 0.329. The molecule has 0 radical (unpaired) electrons. The van der Waals surface area contributed by atoms with Crippen molar-refractivity contribution in [3.05, 3.63) is 12.7 Å². The van der Waals surface area contributed by atoms with Gasteiger partial charge in [-0.05, 0) is 26.2 Å². The molecule has 0 aromatic carbocycles. The molecule has 96 valence electrons. The summed E-state index contributed by atoms with van der Waals surface area (Å²) in [7, 11) is -7.46. The second-order valence-corrected chi connectivity index (χ2v) is 8.34. The van der Waals surface area contributed by atoms with E-state index in [2.05, 4.69) is 6.58 Å². The monoisotopic (exact) mass is 270 g/mol. The smallest absolute Gasteiger partial charge is 0.328 e. The highest BCUT2D eigenvalue weighted by molar-refractivity contribution is 7.73. The van der Waals surface area contributed by atoms with Gasteiger partial charge in [0.05, 0.1) is 6.61 Å². The minimum absolute atomic E-state index is 0.207. The summed E-state index contributed by atoms with van der Waals surface area (Å²) in [5.74, 6) is -0.651. The molecule has 1 atom stereocenters. The van der Waals surface area contributed by atoms with E-state index < -0.39 is 20.9 Å². The van der Waals surface area contributed by atoms with E-state index in [-0.39, 0.29) is 12.8 Å². The minimum atomic E-state index is -4.28. The standard InChI is InChI=1S/C9H20O5P2/c1-3-5-6-7-8-15(10,14-4-2)9-16(11,12)13/h3H,1,4-9H2,2H3,(H2,11,12,13). The van der Waals surface area contributed by atoms with E-state index in [9.17, 15) is 9.13 Å². The topological polar surface area (TPSA) is 83.8 Å². The van der Waals surface area contributed by atoms with E-state index in [1.165, 1.54) is 0 Å². The first-order chi connectivity index (χ1) is 7.33. The summed E-state index contributed by atoms with van der Waals surface area (Å²) < 4.78 is 27.9. The van der Waals surface area contributed by atoms with E-state index in [1.807, 2.05) is 0 Å². The largest absolute Gasteiger partial charge is 0.335 e. The van der Waals surface area contributed by atoms with Crippen molar-refractivity contribution in [1.82, 2.24) is 0 Å². The van der Waals surface area contributed by atoms with Gasteiger partial charge in [0.25, 0.3) is 0 Å². The summed E-state index contributed by atoms with van der Waals surface area (Å²) in [6.07, 6.45) is 4.22. The number of allylic oxidation sites excluding steroid dienone is 1. The van der Waals surface area contributed by atoms with Gasteiger partial charge in [-0.2, -0.15) is 0 Å². The highest BCUT2D eigenvalue weighted by Crippen LogP contribution is 2.58. The molecular weight excluding hydrogens is 250 g/mol. The SMILES string of the molecule is C=CCCCCP(=O)(CP(=O)(O)O)OCC. The molecule has 0 aliphatic rings. The van der Waals surface area contributed by atoms with E-state index in [0.29, 0.717) is 6.42 Å². The molecule has 7 heteroatoms. The first-order valence-corrected chi connectivity index (χ1v) is 9.00. The lowest BCUT2D eigenvalue weighted by Gasteiger charge is -2.18. The molecule has 1 unspecified atom stereocenters. The van der Waals surface area contributed by atoms with Crippen LogP contribution < -0.4 is 0 Å². The summed E-state index contributed by atoms with van der Waals surface area (Å²) in [5.41, 5.74) is 0. The zero-order valence-corrected chi connectivity index (χ0v) is 11.3. The van der Waals surface area contributed by atoms with Crippen molar-refractivity contribution in [3.63, 3.8) is 0 Å². The third kappa shape index (κ3) is 8.26. The van der Waals surface area contributed by atoms with Crippen molar-refractivity contribution in [2.75, 3.05) is 18.7 Å². The number of hydrogen-bond acceptors (Lipinski definition) is 3. The fourth-order valence-corrected chi connectivity index (χ4v) is 5.78. The van der Waals surface area contributed by atoms with Crippen LogP contribution in [0.15, 0.2) is 12.7 Å². The molecule has 0 fully saturated rings. The van der Waals surface area contributed by atoms with Crippen LogP contribution in [0.5, 0.6) is 0 Å². The summed E-state index contributed by atoms with van der Waals surface area (Å²) in [5, 5.41) is 0. The molecular formula is C9H20O5P2. The van der Waals surface area contributed by atoms with E-state index in [4.69, 9.17) is 14.3 Å². The molecule has 0 aliphatic heterocycles. The summed E-state index contributed by atoms with van der Waals surface area (Å²) in [4.78, 5) is 17.7. The average molecular weight is 270 g/mol. The van der Waals surface area contributed by atoms with Crippen LogP contribution in [0.25, 0.3) is 0 Å². The van der Waals surface area contributed by atoms with Gasteiger partial charge in [-0.1, -0.05) is 6.08 Å². The molecule has 0 spiro atoms. The highest BCUT2D eigenvalue weighted by atomic mass is 31.2. The summed E-state index contributed by atoms with van der Waals surface area (Å²) >= 11 is 0. The van der Waals surface area contributed by atoms with Crippen LogP contribution in [0, 0.1) is 0 Å². The molecule has 0 aromatic heterocycles. The van der Waals surface area contributed by atoms with Gasteiger partial charge in [-0.3, -0.25) is 9.13 Å². The Morgan fingerprint density at radius 1 is 1.31 bits per heavy atom. The minimum Gasteiger partial charge on any atom is -0.328 e. The Morgan fingerprint density at radius 2 is 1.94 bits per heavy atom. The lowest BCUT2D eigenvalue weighted by Crippen LogP contribution is -2.01. The van der Waals surface area contributed by atoms with E-state index in [1.54, 1.807) is 13.0 Å². The molecule has 0 amide bonds. The predicted octanol–water partition coefficient (Wildman–Crippen LogP) is 2.79. The van der Waals surface area contributed by atoms with E-state index >= 15 is 0 Å². The average Bonchev–Trinajstić information content (AvgIpc) is 2.10. The van der Waals surface area contributed by atoms with Crippen LogP contribution in [0.2, 0.25) is 0 Å². The van der Waals surface area contributed by atoms with Gasteiger partial charge >= 0.3 is 7.60 Å². The quantitative estimate of drug-likeness (QED) is 0.382. The van der Waals surface area contributed by atoms with E-state index in [0.717, 1.165) is 12.8 Å². The maximum Gasteiger partial charge on any atom is 0.335 e. The van der Waals surface area contributed by atoms with Gasteiger partial charge in [0.15, 0.2) is 0 Å². The zero-order chi connectivity index (χ0) is 12.7. The van der Waals surface area contributed by atoms with Gasteiger partial charge in [-0.25, -0.2) is 0 Å². The molecule has 2 N–H and O–H groups in total. The Balaban J connectivity index is 4.28. The molecule has 0 rings (SSSR count). The van der Waals surface area contributed by atoms with Gasteiger partial charge in [-0.15, -0.1) is 6.58 Å². The van der Waals surface area contributed by atoms with Crippen molar-refractivity contribution in [1.29, 1.82) is 0 Å². The molecule has 0 saturated carbocycles. The van der Waals surface area contributed by atoms with Crippen molar-refractivity contribution in [3.8, 4) is 0 Å². The van der Waals surface area contributed by atoms with Crippen LogP contribution in [-0.4, -0.2) is 28.5 Å². The van der Waals surface area contributed by atoms with Crippen molar-refractivity contribution >= 4 is 15.0 Å². The maximum atomic E-state index is 12.1. The Hall–Kier alpha value is 0.0800. The van der Waals surface area contributed by atoms with Crippen molar-refractivity contribution in [2.24, 2.45) is 0 Å². The molecule has 5 nitrogen and oxygen atoms in total. The second-order valence-electron chi connectivity index (χ2n) is 3.55. The Morgan fingerprint density at radius 3 is 2.38 bits per heavy atom. The molecule has 0 aromatic rings. The molecule has 0 saturated heterocycles. The first kappa shape index (κ1) is 16.1. The number of hydrogen-bond donors (Lipinski definition) is 2. The third-order valence-corrected chi connectivity index (χ3v) is 6.85. The van der Waals surface area contributed by atoms with Crippen LogP contribution >= 0.6 is 15.0 Å². The fourth-order valence-electron chi connectivity index (χ4n) is 1.33.